The van der Waals surface area contributed by atoms with Gasteiger partial charge in [-0.25, -0.2) is 0 Å². The molecule has 0 amide bonds. The van der Waals surface area contributed by atoms with E-state index in [1.165, 1.54) is 5.56 Å². The summed E-state index contributed by atoms with van der Waals surface area (Å²) in [5, 5.41) is 4.07. The van der Waals surface area contributed by atoms with E-state index in [-0.39, 0.29) is 0 Å². The summed E-state index contributed by atoms with van der Waals surface area (Å²) in [4.78, 5) is 4.34. The molecule has 0 atom stereocenters. The number of hydrogen-bond donors (Lipinski definition) is 1. The maximum absolute atomic E-state index is 6.20. The van der Waals surface area contributed by atoms with E-state index in [4.69, 9.17) is 11.6 Å². The van der Waals surface area contributed by atoms with Gasteiger partial charge < -0.3 is 5.32 Å². The molecule has 2 rings (SSSR count). The van der Waals surface area contributed by atoms with E-state index >= 15 is 0 Å². The average molecular weight is 247 g/mol. The average Bonchev–Trinajstić information content (AvgIpc) is 2.33. The van der Waals surface area contributed by atoms with Crippen molar-refractivity contribution in [3.63, 3.8) is 0 Å². The number of rotatable bonds is 3. The van der Waals surface area contributed by atoms with Crippen molar-refractivity contribution in [2.75, 3.05) is 5.32 Å². The minimum Gasteiger partial charge on any atom is -0.378 e. The second kappa shape index (κ2) is 5.19. The van der Waals surface area contributed by atoms with Gasteiger partial charge in [-0.05, 0) is 37.1 Å². The third-order valence-corrected chi connectivity index (χ3v) is 3.13. The van der Waals surface area contributed by atoms with Gasteiger partial charge in [-0.15, -0.1) is 0 Å². The molecule has 1 aromatic carbocycles. The van der Waals surface area contributed by atoms with Gasteiger partial charge in [0.25, 0.3) is 0 Å². The van der Waals surface area contributed by atoms with Gasteiger partial charge in [0.05, 0.1) is 22.9 Å². The van der Waals surface area contributed by atoms with Crippen LogP contribution in [0.25, 0.3) is 0 Å². The SMILES string of the molecule is Cc1ccc(CNc2cccc(C)c2Cl)nc1. The Balaban J connectivity index is 2.07. The first-order valence-corrected chi connectivity index (χ1v) is 5.95. The summed E-state index contributed by atoms with van der Waals surface area (Å²) in [6.45, 7) is 4.71. The Kier molecular flexibility index (Phi) is 3.64. The number of halogens is 1. The summed E-state index contributed by atoms with van der Waals surface area (Å²) < 4.78 is 0. The number of aromatic nitrogens is 1. The zero-order valence-electron chi connectivity index (χ0n) is 10.00. The molecule has 0 aliphatic carbocycles. The highest BCUT2D eigenvalue weighted by atomic mass is 35.5. The van der Waals surface area contributed by atoms with Crippen LogP contribution in [-0.4, -0.2) is 4.98 Å². The molecule has 88 valence electrons. The predicted molar refractivity (Wildman–Crippen MR) is 72.5 cm³/mol. The Morgan fingerprint density at radius 3 is 2.71 bits per heavy atom. The van der Waals surface area contributed by atoms with Crippen LogP contribution < -0.4 is 5.32 Å². The van der Waals surface area contributed by atoms with Crippen molar-refractivity contribution in [3.05, 3.63) is 58.4 Å². The normalized spacial score (nSPS) is 10.3. The molecule has 0 unspecified atom stereocenters. The lowest BCUT2D eigenvalue weighted by Gasteiger charge is -2.09. The van der Waals surface area contributed by atoms with Gasteiger partial charge in [-0.3, -0.25) is 4.98 Å². The summed E-state index contributed by atoms with van der Waals surface area (Å²) in [5.74, 6) is 0. The van der Waals surface area contributed by atoms with E-state index < -0.39 is 0 Å². The molecule has 0 radical (unpaired) electrons. The van der Waals surface area contributed by atoms with Crippen molar-refractivity contribution in [1.29, 1.82) is 0 Å². The number of benzene rings is 1. The van der Waals surface area contributed by atoms with E-state index in [0.29, 0.717) is 6.54 Å². The maximum atomic E-state index is 6.20. The number of nitrogens with zero attached hydrogens (tertiary/aromatic N) is 1. The number of nitrogens with one attached hydrogen (secondary N) is 1. The fourth-order valence-corrected chi connectivity index (χ4v) is 1.77. The third-order valence-electron chi connectivity index (χ3n) is 2.62. The molecule has 0 aliphatic heterocycles. The molecule has 0 fully saturated rings. The highest BCUT2D eigenvalue weighted by Gasteiger charge is 2.02. The summed E-state index contributed by atoms with van der Waals surface area (Å²) in [6, 6.07) is 10.0. The summed E-state index contributed by atoms with van der Waals surface area (Å²) in [6.07, 6.45) is 1.87. The molecule has 0 saturated heterocycles. The molecule has 1 N–H and O–H groups in total. The van der Waals surface area contributed by atoms with Gasteiger partial charge in [0.1, 0.15) is 0 Å². The predicted octanol–water partition coefficient (Wildman–Crippen LogP) is 3.96. The topological polar surface area (TPSA) is 24.9 Å². The molecule has 2 nitrogen and oxygen atoms in total. The van der Waals surface area contributed by atoms with Gasteiger partial charge in [0.2, 0.25) is 0 Å². The molecule has 17 heavy (non-hydrogen) atoms. The third kappa shape index (κ3) is 2.98. The summed E-state index contributed by atoms with van der Waals surface area (Å²) in [7, 11) is 0. The van der Waals surface area contributed by atoms with Crippen LogP contribution in [0.4, 0.5) is 5.69 Å². The van der Waals surface area contributed by atoms with E-state index in [1.807, 2.05) is 44.3 Å². The number of anilines is 1. The van der Waals surface area contributed by atoms with Crippen molar-refractivity contribution in [1.82, 2.24) is 4.98 Å². The molecular weight excluding hydrogens is 232 g/mol. The second-order valence-electron chi connectivity index (χ2n) is 4.12. The highest BCUT2D eigenvalue weighted by Crippen LogP contribution is 2.25. The molecule has 3 heteroatoms. The van der Waals surface area contributed by atoms with Crippen LogP contribution in [0.15, 0.2) is 36.5 Å². The van der Waals surface area contributed by atoms with Crippen LogP contribution in [0.3, 0.4) is 0 Å². The lowest BCUT2D eigenvalue weighted by atomic mass is 10.2. The van der Waals surface area contributed by atoms with Crippen molar-refractivity contribution >= 4 is 17.3 Å². The van der Waals surface area contributed by atoms with E-state index in [2.05, 4.69) is 16.4 Å². The standard InChI is InChI=1S/C14H15ClN2/c1-10-6-7-12(16-8-10)9-17-13-5-3-4-11(2)14(13)15/h3-8,17H,9H2,1-2H3. The number of aryl methyl sites for hydroxylation is 2. The smallest absolute Gasteiger partial charge is 0.0666 e. The lowest BCUT2D eigenvalue weighted by molar-refractivity contribution is 1.04. The lowest BCUT2D eigenvalue weighted by Crippen LogP contribution is -2.02. The molecular formula is C14H15ClN2. The van der Waals surface area contributed by atoms with Gasteiger partial charge >= 0.3 is 0 Å². The van der Waals surface area contributed by atoms with Gasteiger partial charge in [-0.1, -0.05) is 29.8 Å². The Bertz CT molecular complexity index is 506. The van der Waals surface area contributed by atoms with Crippen molar-refractivity contribution in [2.45, 2.75) is 20.4 Å². The first-order chi connectivity index (χ1) is 8.16. The van der Waals surface area contributed by atoms with Crippen LogP contribution >= 0.6 is 11.6 Å². The van der Waals surface area contributed by atoms with Crippen LogP contribution in [0.5, 0.6) is 0 Å². The monoisotopic (exact) mass is 246 g/mol. The maximum Gasteiger partial charge on any atom is 0.0666 e. The number of pyridine rings is 1. The van der Waals surface area contributed by atoms with Crippen molar-refractivity contribution in [3.8, 4) is 0 Å². The first-order valence-electron chi connectivity index (χ1n) is 5.57. The van der Waals surface area contributed by atoms with Crippen LogP contribution in [0.1, 0.15) is 16.8 Å². The Labute approximate surface area is 107 Å². The van der Waals surface area contributed by atoms with E-state index in [0.717, 1.165) is 22.0 Å². The van der Waals surface area contributed by atoms with Gasteiger partial charge in [0, 0.05) is 6.20 Å². The van der Waals surface area contributed by atoms with Crippen LogP contribution in [0, 0.1) is 13.8 Å². The van der Waals surface area contributed by atoms with Crippen LogP contribution in [0.2, 0.25) is 5.02 Å². The minimum absolute atomic E-state index is 0.684. The summed E-state index contributed by atoms with van der Waals surface area (Å²) >= 11 is 6.20. The molecule has 1 aromatic heterocycles. The molecule has 0 aliphatic rings. The van der Waals surface area contributed by atoms with Gasteiger partial charge in [0.15, 0.2) is 0 Å². The number of hydrogen-bond acceptors (Lipinski definition) is 2. The molecule has 0 spiro atoms. The van der Waals surface area contributed by atoms with Gasteiger partial charge in [-0.2, -0.15) is 0 Å². The fourth-order valence-electron chi connectivity index (χ4n) is 1.57. The minimum atomic E-state index is 0.684. The van der Waals surface area contributed by atoms with Crippen LogP contribution in [-0.2, 0) is 6.54 Å². The van der Waals surface area contributed by atoms with Crippen molar-refractivity contribution < 1.29 is 0 Å². The fraction of sp³-hybridized carbons (Fsp3) is 0.214. The quantitative estimate of drug-likeness (QED) is 0.887. The van der Waals surface area contributed by atoms with E-state index in [9.17, 15) is 0 Å². The Hall–Kier alpha value is -1.54. The van der Waals surface area contributed by atoms with Crippen molar-refractivity contribution in [2.24, 2.45) is 0 Å². The van der Waals surface area contributed by atoms with E-state index in [1.54, 1.807) is 0 Å². The molecule has 0 bridgehead atoms. The molecule has 0 saturated carbocycles. The summed E-state index contributed by atoms with van der Waals surface area (Å²) in [5.41, 5.74) is 4.21. The second-order valence-corrected chi connectivity index (χ2v) is 4.49. The zero-order chi connectivity index (χ0) is 12.3. The Morgan fingerprint density at radius 2 is 2.00 bits per heavy atom. The molecule has 2 aromatic rings. The largest absolute Gasteiger partial charge is 0.378 e. The first kappa shape index (κ1) is 11.9. The highest BCUT2D eigenvalue weighted by molar-refractivity contribution is 6.33. The Morgan fingerprint density at radius 1 is 1.18 bits per heavy atom. The molecule has 1 heterocycles. The zero-order valence-corrected chi connectivity index (χ0v) is 10.8.